The fourth-order valence-corrected chi connectivity index (χ4v) is 6.76. The number of ether oxygens (including phenoxy) is 1. The van der Waals surface area contributed by atoms with Crippen LogP contribution in [0.25, 0.3) is 0 Å². The Bertz CT molecular complexity index is 731. The normalized spacial score (nSPS) is 14.5. The van der Waals surface area contributed by atoms with Gasteiger partial charge in [-0.2, -0.15) is 0 Å². The molecule has 0 aromatic carbocycles. The zero-order valence-corrected chi connectivity index (χ0v) is 32.8. The van der Waals surface area contributed by atoms with Gasteiger partial charge in [-0.3, -0.25) is 4.79 Å². The van der Waals surface area contributed by atoms with Crippen molar-refractivity contribution in [2.45, 2.75) is 226 Å². The van der Waals surface area contributed by atoms with E-state index in [0.717, 1.165) is 51.4 Å². The van der Waals surface area contributed by atoms with Crippen LogP contribution in [0.4, 0.5) is 0 Å². The largest absolute Gasteiger partial charge is 0.465 e. The Balaban J connectivity index is 4.71. The van der Waals surface area contributed by atoms with E-state index in [2.05, 4.69) is 52.0 Å². The van der Waals surface area contributed by atoms with Crippen LogP contribution in [0.2, 0.25) is 0 Å². The van der Waals surface area contributed by atoms with Crippen molar-refractivity contribution in [2.75, 3.05) is 13.2 Å². The minimum atomic E-state index is -0.866. The maximum absolute atomic E-state index is 13.4. The lowest BCUT2D eigenvalue weighted by Gasteiger charge is -2.30. The highest BCUT2D eigenvalue weighted by Gasteiger charge is 2.29. The van der Waals surface area contributed by atoms with Gasteiger partial charge in [0.2, 0.25) is 0 Å². The zero-order valence-electron chi connectivity index (χ0n) is 32.8. The Morgan fingerprint density at radius 3 is 1.52 bits per heavy atom. The van der Waals surface area contributed by atoms with Gasteiger partial charge in [0, 0.05) is 5.41 Å². The molecule has 0 radical (unpaired) electrons. The van der Waals surface area contributed by atoms with E-state index in [-0.39, 0.29) is 30.3 Å². The second-order valence-electron chi connectivity index (χ2n) is 15.3. The molecule has 0 aliphatic carbocycles. The van der Waals surface area contributed by atoms with Gasteiger partial charge in [-0.15, -0.1) is 0 Å². The van der Waals surface area contributed by atoms with Crippen LogP contribution in [0.3, 0.4) is 0 Å². The predicted molar refractivity (Wildman–Crippen MR) is 209 cm³/mol. The molecule has 0 aromatic heterocycles. The molecule has 0 bridgehead atoms. The third kappa shape index (κ3) is 30.9. The summed E-state index contributed by atoms with van der Waals surface area (Å²) in [5.74, 6) is -0.516. The summed E-state index contributed by atoms with van der Waals surface area (Å²) >= 11 is 0. The maximum Gasteiger partial charge on any atom is 0.309 e. The second kappa shape index (κ2) is 35.7. The van der Waals surface area contributed by atoms with Gasteiger partial charge in [0.05, 0.1) is 25.2 Å². The SMILES string of the molecule is CCCCC/C=C\C/C=C\CCCCCCC(CC(O)CO)C(=O)OCC(C)(CCCCCCCCC)CCCCCCCCCCC. The summed E-state index contributed by atoms with van der Waals surface area (Å²) in [6, 6.07) is 0. The van der Waals surface area contributed by atoms with Gasteiger partial charge in [0.25, 0.3) is 0 Å². The van der Waals surface area contributed by atoms with Gasteiger partial charge >= 0.3 is 5.97 Å². The molecule has 4 heteroatoms. The fourth-order valence-electron chi connectivity index (χ4n) is 6.76. The van der Waals surface area contributed by atoms with Crippen LogP contribution in [0.15, 0.2) is 24.3 Å². The van der Waals surface area contributed by atoms with Crippen molar-refractivity contribution in [3.8, 4) is 0 Å². The zero-order chi connectivity index (χ0) is 35.4. The number of rotatable bonds is 37. The smallest absolute Gasteiger partial charge is 0.309 e. The average molecular weight is 677 g/mol. The Kier molecular flexibility index (Phi) is 34.8. The van der Waals surface area contributed by atoms with E-state index in [1.54, 1.807) is 0 Å². The molecule has 284 valence electrons. The monoisotopic (exact) mass is 677 g/mol. The van der Waals surface area contributed by atoms with Crippen molar-refractivity contribution >= 4 is 5.97 Å². The summed E-state index contributed by atoms with van der Waals surface area (Å²) in [4.78, 5) is 13.4. The van der Waals surface area contributed by atoms with E-state index in [1.807, 2.05) is 0 Å². The Labute approximate surface area is 300 Å². The van der Waals surface area contributed by atoms with E-state index in [1.165, 1.54) is 135 Å². The van der Waals surface area contributed by atoms with Crippen LogP contribution in [-0.4, -0.2) is 35.5 Å². The van der Waals surface area contributed by atoms with Gasteiger partial charge in [0.1, 0.15) is 0 Å². The molecule has 0 aliphatic heterocycles. The van der Waals surface area contributed by atoms with Crippen LogP contribution in [0.1, 0.15) is 220 Å². The molecule has 2 N–H and O–H groups in total. The molecule has 0 saturated carbocycles. The highest BCUT2D eigenvalue weighted by molar-refractivity contribution is 5.72. The van der Waals surface area contributed by atoms with Gasteiger partial charge in [-0.05, 0) is 57.8 Å². The number of carbonyl (C=O) groups is 1. The van der Waals surface area contributed by atoms with E-state index in [0.29, 0.717) is 6.61 Å². The lowest BCUT2D eigenvalue weighted by Crippen LogP contribution is -2.30. The number of hydrogen-bond donors (Lipinski definition) is 2. The Morgan fingerprint density at radius 2 is 1.02 bits per heavy atom. The summed E-state index contributed by atoms with van der Waals surface area (Å²) in [6.45, 7) is 9.29. The minimum absolute atomic E-state index is 0.0126. The fraction of sp³-hybridized carbons (Fsp3) is 0.886. The second-order valence-corrected chi connectivity index (χ2v) is 15.3. The van der Waals surface area contributed by atoms with Crippen LogP contribution in [-0.2, 0) is 9.53 Å². The van der Waals surface area contributed by atoms with Gasteiger partial charge in [-0.25, -0.2) is 0 Å². The number of carbonyl (C=O) groups excluding carboxylic acids is 1. The summed E-state index contributed by atoms with van der Waals surface area (Å²) in [5, 5.41) is 19.7. The molecule has 3 unspecified atom stereocenters. The van der Waals surface area contributed by atoms with E-state index >= 15 is 0 Å². The molecule has 0 heterocycles. The quantitative estimate of drug-likeness (QED) is 0.0390. The average Bonchev–Trinajstić information content (AvgIpc) is 3.09. The van der Waals surface area contributed by atoms with Crippen molar-refractivity contribution in [3.63, 3.8) is 0 Å². The van der Waals surface area contributed by atoms with Crippen LogP contribution in [0.5, 0.6) is 0 Å². The number of allylic oxidation sites excluding steroid dienone is 4. The summed E-state index contributed by atoms with van der Waals surface area (Å²) < 4.78 is 6.08. The predicted octanol–water partition coefficient (Wildman–Crippen LogP) is 13.4. The molecule has 0 aliphatic rings. The van der Waals surface area contributed by atoms with Crippen molar-refractivity contribution in [2.24, 2.45) is 11.3 Å². The lowest BCUT2D eigenvalue weighted by atomic mass is 9.80. The molecule has 48 heavy (non-hydrogen) atoms. The van der Waals surface area contributed by atoms with E-state index < -0.39 is 6.10 Å². The first kappa shape index (κ1) is 46.9. The highest BCUT2D eigenvalue weighted by atomic mass is 16.5. The molecular weight excluding hydrogens is 592 g/mol. The van der Waals surface area contributed by atoms with E-state index in [4.69, 9.17) is 4.74 Å². The Hall–Kier alpha value is -1.13. The van der Waals surface area contributed by atoms with Crippen molar-refractivity contribution in [1.82, 2.24) is 0 Å². The number of aliphatic hydroxyl groups is 2. The molecule has 0 aromatic rings. The molecule has 0 spiro atoms. The van der Waals surface area contributed by atoms with Crippen molar-refractivity contribution in [1.29, 1.82) is 0 Å². The molecular formula is C44H84O4. The first-order valence-corrected chi connectivity index (χ1v) is 21.2. The summed E-state index contributed by atoms with van der Waals surface area (Å²) in [5.41, 5.74) is 0.0126. The summed E-state index contributed by atoms with van der Waals surface area (Å²) in [6.07, 6.45) is 44.1. The maximum atomic E-state index is 13.4. The third-order valence-electron chi connectivity index (χ3n) is 10.2. The number of unbranched alkanes of at least 4 members (excludes halogenated alkanes) is 21. The number of hydrogen-bond acceptors (Lipinski definition) is 4. The van der Waals surface area contributed by atoms with Gasteiger partial charge in [-0.1, -0.05) is 187 Å². The van der Waals surface area contributed by atoms with Crippen molar-refractivity contribution < 1.29 is 19.7 Å². The molecule has 4 nitrogen and oxygen atoms in total. The molecule has 0 fully saturated rings. The highest BCUT2D eigenvalue weighted by Crippen LogP contribution is 2.33. The molecule has 3 atom stereocenters. The molecule has 0 amide bonds. The topological polar surface area (TPSA) is 66.8 Å². The standard InChI is InChI=1S/C44H84O4/c1-5-8-11-14-17-19-20-21-22-23-24-26-29-32-35-41(38-42(46)39-45)43(47)48-40-44(4,36-33-30-27-16-13-10-7-3)37-34-31-28-25-18-15-12-9-6-2/h17,19,21-22,41-42,45-46H,5-16,18,20,23-40H2,1-4H3/b19-17-,22-21-. The summed E-state index contributed by atoms with van der Waals surface area (Å²) in [7, 11) is 0. The third-order valence-corrected chi connectivity index (χ3v) is 10.2. The lowest BCUT2D eigenvalue weighted by molar-refractivity contribution is -0.154. The van der Waals surface area contributed by atoms with Crippen molar-refractivity contribution in [3.05, 3.63) is 24.3 Å². The van der Waals surface area contributed by atoms with Crippen LogP contribution in [0, 0.1) is 11.3 Å². The van der Waals surface area contributed by atoms with Crippen LogP contribution < -0.4 is 0 Å². The molecule has 0 saturated heterocycles. The van der Waals surface area contributed by atoms with Crippen LogP contribution >= 0.6 is 0 Å². The number of aliphatic hydroxyl groups excluding tert-OH is 2. The Morgan fingerprint density at radius 1 is 0.604 bits per heavy atom. The number of esters is 1. The van der Waals surface area contributed by atoms with E-state index in [9.17, 15) is 15.0 Å². The minimum Gasteiger partial charge on any atom is -0.465 e. The first-order chi connectivity index (χ1) is 23.4. The molecule has 0 rings (SSSR count). The van der Waals surface area contributed by atoms with Gasteiger partial charge in [0.15, 0.2) is 0 Å². The van der Waals surface area contributed by atoms with Gasteiger partial charge < -0.3 is 14.9 Å². The first-order valence-electron chi connectivity index (χ1n) is 21.2.